The first-order valence-electron chi connectivity index (χ1n) is 7.16. The fourth-order valence-electron chi connectivity index (χ4n) is 2.30. The third kappa shape index (κ3) is 4.20. The monoisotopic (exact) mass is 386 g/mol. The lowest BCUT2D eigenvalue weighted by Gasteiger charge is -2.17. The molecule has 1 aliphatic rings. The third-order valence-electron chi connectivity index (χ3n) is 3.47. The van der Waals surface area contributed by atoms with Crippen molar-refractivity contribution in [1.29, 1.82) is 0 Å². The molecule has 0 spiro atoms. The summed E-state index contributed by atoms with van der Waals surface area (Å²) in [5.41, 5.74) is 0.583. The van der Waals surface area contributed by atoms with Crippen LogP contribution in [0.3, 0.4) is 0 Å². The number of anilines is 1. The van der Waals surface area contributed by atoms with Crippen LogP contribution in [0.2, 0.25) is 15.1 Å². The molecule has 126 valence electrons. The largest absolute Gasteiger partial charge is 0.458 e. The molecule has 1 aromatic heterocycles. The summed E-state index contributed by atoms with van der Waals surface area (Å²) < 4.78 is 5.65. The molecule has 1 saturated heterocycles. The van der Waals surface area contributed by atoms with E-state index in [1.165, 1.54) is 12.4 Å². The molecule has 2 amide bonds. The van der Waals surface area contributed by atoms with Crippen molar-refractivity contribution in [1.82, 2.24) is 14.9 Å². The molecule has 1 fully saturated rings. The maximum atomic E-state index is 12.3. The van der Waals surface area contributed by atoms with Crippen molar-refractivity contribution in [2.75, 3.05) is 18.4 Å². The number of aromatic nitrogens is 2. The average molecular weight is 388 g/mol. The molecule has 0 radical (unpaired) electrons. The minimum absolute atomic E-state index is 0.161. The Morgan fingerprint density at radius 2 is 1.96 bits per heavy atom. The van der Waals surface area contributed by atoms with Crippen LogP contribution >= 0.6 is 34.8 Å². The van der Waals surface area contributed by atoms with Gasteiger partial charge in [0, 0.05) is 18.7 Å². The van der Waals surface area contributed by atoms with E-state index in [0.29, 0.717) is 40.3 Å². The number of ether oxygens (including phenoxy) is 1. The number of nitrogens with zero attached hydrogens (tertiary/aromatic N) is 3. The van der Waals surface area contributed by atoms with Crippen molar-refractivity contribution in [2.45, 2.75) is 12.5 Å². The SMILES string of the molecule is O=C(Nc1ccc(Cl)c(Cl)c1)N1CCC(Oc2ncc(Cl)cn2)C1. The molecule has 2 heterocycles. The Kier molecular flexibility index (Phi) is 5.28. The van der Waals surface area contributed by atoms with Crippen LogP contribution in [0, 0.1) is 0 Å². The van der Waals surface area contributed by atoms with Crippen molar-refractivity contribution in [3.05, 3.63) is 45.7 Å². The Balaban J connectivity index is 1.55. The highest BCUT2D eigenvalue weighted by molar-refractivity contribution is 6.42. The van der Waals surface area contributed by atoms with E-state index in [2.05, 4.69) is 15.3 Å². The number of hydrogen-bond donors (Lipinski definition) is 1. The van der Waals surface area contributed by atoms with Crippen LogP contribution in [0.1, 0.15) is 6.42 Å². The fourth-order valence-corrected chi connectivity index (χ4v) is 2.69. The molecule has 1 N–H and O–H groups in total. The average Bonchev–Trinajstić information content (AvgIpc) is 3.02. The number of halogens is 3. The molecule has 0 aliphatic carbocycles. The van der Waals surface area contributed by atoms with Crippen molar-refractivity contribution in [3.63, 3.8) is 0 Å². The molecule has 1 atom stereocenters. The Labute approximate surface area is 153 Å². The van der Waals surface area contributed by atoms with Crippen LogP contribution in [-0.2, 0) is 0 Å². The van der Waals surface area contributed by atoms with Crippen molar-refractivity contribution < 1.29 is 9.53 Å². The Morgan fingerprint density at radius 1 is 1.21 bits per heavy atom. The molecule has 0 bridgehead atoms. The minimum atomic E-state index is -0.225. The van der Waals surface area contributed by atoms with Gasteiger partial charge in [-0.2, -0.15) is 0 Å². The number of carbonyl (C=O) groups excluding carboxylic acids is 1. The predicted octanol–water partition coefficient (Wildman–Crippen LogP) is 4.12. The standard InChI is InChI=1S/C15H13Cl3N4O2/c16-9-6-19-14(20-7-9)24-11-3-4-22(8-11)15(23)21-10-1-2-12(17)13(18)5-10/h1-2,5-7,11H,3-4,8H2,(H,21,23). The molecule has 1 aromatic carbocycles. The molecule has 9 heteroatoms. The molecule has 6 nitrogen and oxygen atoms in total. The van der Waals surface area contributed by atoms with Gasteiger partial charge in [-0.1, -0.05) is 34.8 Å². The number of amides is 2. The molecule has 1 aliphatic heterocycles. The summed E-state index contributed by atoms with van der Waals surface area (Å²) in [6.07, 6.45) is 3.47. The van der Waals surface area contributed by atoms with E-state index in [4.69, 9.17) is 39.5 Å². The second-order valence-electron chi connectivity index (χ2n) is 5.22. The summed E-state index contributed by atoms with van der Waals surface area (Å²) in [6.45, 7) is 1.02. The maximum Gasteiger partial charge on any atom is 0.321 e. The summed E-state index contributed by atoms with van der Waals surface area (Å²) in [7, 11) is 0. The Hall–Kier alpha value is -1.76. The first-order chi connectivity index (χ1) is 11.5. The summed E-state index contributed by atoms with van der Waals surface area (Å²) in [4.78, 5) is 21.9. The van der Waals surface area contributed by atoms with E-state index in [1.807, 2.05) is 0 Å². The van der Waals surface area contributed by atoms with Gasteiger partial charge >= 0.3 is 12.0 Å². The van der Waals surface area contributed by atoms with Gasteiger partial charge in [0.15, 0.2) is 0 Å². The lowest BCUT2D eigenvalue weighted by atomic mass is 10.3. The van der Waals surface area contributed by atoms with Gasteiger partial charge in [-0.15, -0.1) is 0 Å². The van der Waals surface area contributed by atoms with Gasteiger partial charge < -0.3 is 15.0 Å². The lowest BCUT2D eigenvalue weighted by Crippen LogP contribution is -2.34. The summed E-state index contributed by atoms with van der Waals surface area (Å²) in [6, 6.07) is 4.95. The van der Waals surface area contributed by atoms with E-state index in [1.54, 1.807) is 23.1 Å². The quantitative estimate of drug-likeness (QED) is 0.860. The van der Waals surface area contributed by atoms with Crippen LogP contribution in [0.5, 0.6) is 6.01 Å². The first-order valence-corrected chi connectivity index (χ1v) is 8.30. The van der Waals surface area contributed by atoms with Crippen molar-refractivity contribution >= 4 is 46.5 Å². The summed E-state index contributed by atoms with van der Waals surface area (Å²) in [5.74, 6) is 0. The zero-order chi connectivity index (χ0) is 17.1. The number of nitrogens with one attached hydrogen (secondary N) is 1. The van der Waals surface area contributed by atoms with Crippen LogP contribution in [0.25, 0.3) is 0 Å². The molecular formula is C15H13Cl3N4O2. The van der Waals surface area contributed by atoms with E-state index in [0.717, 1.165) is 0 Å². The van der Waals surface area contributed by atoms with Gasteiger partial charge in [-0.05, 0) is 18.2 Å². The van der Waals surface area contributed by atoms with Crippen LogP contribution in [0.15, 0.2) is 30.6 Å². The highest BCUT2D eigenvalue weighted by Gasteiger charge is 2.28. The van der Waals surface area contributed by atoms with E-state index >= 15 is 0 Å². The van der Waals surface area contributed by atoms with Gasteiger partial charge in [0.2, 0.25) is 0 Å². The van der Waals surface area contributed by atoms with Gasteiger partial charge in [-0.25, -0.2) is 14.8 Å². The van der Waals surface area contributed by atoms with Gasteiger partial charge in [0.25, 0.3) is 0 Å². The van der Waals surface area contributed by atoms with E-state index in [-0.39, 0.29) is 18.1 Å². The molecule has 3 rings (SSSR count). The summed E-state index contributed by atoms with van der Waals surface area (Å²) >= 11 is 17.5. The fraction of sp³-hybridized carbons (Fsp3) is 0.267. The highest BCUT2D eigenvalue weighted by Crippen LogP contribution is 2.25. The van der Waals surface area contributed by atoms with Crippen LogP contribution < -0.4 is 10.1 Å². The Morgan fingerprint density at radius 3 is 2.67 bits per heavy atom. The van der Waals surface area contributed by atoms with Gasteiger partial charge in [-0.3, -0.25) is 0 Å². The van der Waals surface area contributed by atoms with Crippen LogP contribution in [0.4, 0.5) is 10.5 Å². The lowest BCUT2D eigenvalue weighted by molar-refractivity contribution is 0.184. The molecular weight excluding hydrogens is 375 g/mol. The van der Waals surface area contributed by atoms with Crippen LogP contribution in [-0.4, -0.2) is 40.1 Å². The van der Waals surface area contributed by atoms with Crippen molar-refractivity contribution in [2.24, 2.45) is 0 Å². The van der Waals surface area contributed by atoms with E-state index in [9.17, 15) is 4.79 Å². The highest BCUT2D eigenvalue weighted by atomic mass is 35.5. The molecule has 0 saturated carbocycles. The molecule has 1 unspecified atom stereocenters. The normalized spacial score (nSPS) is 17.0. The number of benzene rings is 1. The predicted molar refractivity (Wildman–Crippen MR) is 93.1 cm³/mol. The summed E-state index contributed by atoms with van der Waals surface area (Å²) in [5, 5.41) is 4.05. The first kappa shape index (κ1) is 17.1. The molecule has 24 heavy (non-hydrogen) atoms. The Bertz CT molecular complexity index is 742. The zero-order valence-corrected chi connectivity index (χ0v) is 14.6. The van der Waals surface area contributed by atoms with Crippen molar-refractivity contribution in [3.8, 4) is 6.01 Å². The van der Waals surface area contributed by atoms with Gasteiger partial charge in [0.1, 0.15) is 6.10 Å². The second kappa shape index (κ2) is 7.42. The van der Waals surface area contributed by atoms with E-state index < -0.39 is 0 Å². The maximum absolute atomic E-state index is 12.3. The minimum Gasteiger partial charge on any atom is -0.458 e. The number of urea groups is 1. The zero-order valence-electron chi connectivity index (χ0n) is 12.4. The third-order valence-corrected chi connectivity index (χ3v) is 4.41. The van der Waals surface area contributed by atoms with Gasteiger partial charge in [0.05, 0.1) is 34.0 Å². The number of hydrogen-bond acceptors (Lipinski definition) is 4. The number of likely N-dealkylation sites (tertiary alicyclic amines) is 1. The molecule has 2 aromatic rings. The topological polar surface area (TPSA) is 67.4 Å². The number of rotatable bonds is 3. The number of carbonyl (C=O) groups is 1. The second-order valence-corrected chi connectivity index (χ2v) is 6.47. The smallest absolute Gasteiger partial charge is 0.321 e.